The first-order valence-corrected chi connectivity index (χ1v) is 6.34. The lowest BCUT2D eigenvalue weighted by Gasteiger charge is -2.08. The fourth-order valence-corrected chi connectivity index (χ4v) is 2.09. The second kappa shape index (κ2) is 2.81. The maximum atomic E-state index is 11.3. The molecule has 0 atom stereocenters. The summed E-state index contributed by atoms with van der Waals surface area (Å²) in [5.41, 5.74) is -0.0545. The van der Waals surface area contributed by atoms with Gasteiger partial charge >= 0.3 is 0 Å². The third kappa shape index (κ3) is 1.67. The van der Waals surface area contributed by atoms with Gasteiger partial charge in [-0.1, -0.05) is 12.1 Å². The molecule has 1 aromatic carbocycles. The Labute approximate surface area is 83.3 Å². The van der Waals surface area contributed by atoms with Crippen LogP contribution < -0.4 is 0 Å². The number of aliphatic hydroxyl groups is 1. The van der Waals surface area contributed by atoms with Crippen LogP contribution in [0.25, 0.3) is 0 Å². The van der Waals surface area contributed by atoms with Crippen molar-refractivity contribution in [2.24, 2.45) is 0 Å². The zero-order chi connectivity index (χ0) is 10.4. The van der Waals surface area contributed by atoms with Crippen LogP contribution in [-0.2, 0) is 15.4 Å². The van der Waals surface area contributed by atoms with Crippen molar-refractivity contribution in [3.8, 4) is 0 Å². The SMILES string of the molecule is CS(=O)(=O)c1cccc(C2(O)CC2)c1. The highest BCUT2D eigenvalue weighted by molar-refractivity contribution is 7.90. The minimum absolute atomic E-state index is 0.273. The van der Waals surface area contributed by atoms with Crippen molar-refractivity contribution in [2.75, 3.05) is 6.26 Å². The number of benzene rings is 1. The van der Waals surface area contributed by atoms with E-state index >= 15 is 0 Å². The van der Waals surface area contributed by atoms with Gasteiger partial charge in [0.05, 0.1) is 10.5 Å². The van der Waals surface area contributed by atoms with Crippen molar-refractivity contribution in [1.82, 2.24) is 0 Å². The van der Waals surface area contributed by atoms with E-state index in [0.29, 0.717) is 5.56 Å². The molecule has 0 saturated heterocycles. The van der Waals surface area contributed by atoms with E-state index in [0.717, 1.165) is 12.8 Å². The van der Waals surface area contributed by atoms with Crippen LogP contribution in [0.5, 0.6) is 0 Å². The first-order valence-electron chi connectivity index (χ1n) is 4.45. The van der Waals surface area contributed by atoms with Gasteiger partial charge in [0.2, 0.25) is 0 Å². The highest BCUT2D eigenvalue weighted by Gasteiger charge is 2.42. The molecule has 0 heterocycles. The summed E-state index contributed by atoms with van der Waals surface area (Å²) < 4.78 is 22.5. The molecule has 0 aliphatic heterocycles. The lowest BCUT2D eigenvalue weighted by molar-refractivity contribution is 0.151. The average molecular weight is 212 g/mol. The van der Waals surface area contributed by atoms with Crippen LogP contribution in [0, 0.1) is 0 Å². The van der Waals surface area contributed by atoms with E-state index in [1.165, 1.54) is 6.26 Å². The number of sulfone groups is 1. The summed E-state index contributed by atoms with van der Waals surface area (Å²) in [6.07, 6.45) is 2.61. The maximum absolute atomic E-state index is 11.3. The Kier molecular flexibility index (Phi) is 1.94. The summed E-state index contributed by atoms with van der Waals surface area (Å²) in [6.45, 7) is 0. The molecule has 4 heteroatoms. The van der Waals surface area contributed by atoms with Gasteiger partial charge in [-0.25, -0.2) is 8.42 Å². The van der Waals surface area contributed by atoms with Crippen molar-refractivity contribution in [2.45, 2.75) is 23.3 Å². The van der Waals surface area contributed by atoms with E-state index in [4.69, 9.17) is 0 Å². The third-order valence-corrected chi connectivity index (χ3v) is 3.63. The molecule has 76 valence electrons. The fraction of sp³-hybridized carbons (Fsp3) is 0.400. The Morgan fingerprint density at radius 2 is 2.00 bits per heavy atom. The molecule has 0 bridgehead atoms. The molecule has 1 aromatic rings. The first kappa shape index (κ1) is 9.68. The molecule has 0 unspecified atom stereocenters. The van der Waals surface area contributed by atoms with Gasteiger partial charge in [0.25, 0.3) is 0 Å². The summed E-state index contributed by atoms with van der Waals surface area (Å²) in [5, 5.41) is 9.80. The average Bonchev–Trinajstić information content (AvgIpc) is 2.84. The second-order valence-corrected chi connectivity index (χ2v) is 5.85. The van der Waals surface area contributed by atoms with Crippen LogP contribution >= 0.6 is 0 Å². The molecule has 1 aliphatic carbocycles. The van der Waals surface area contributed by atoms with Gasteiger partial charge in [0, 0.05) is 6.26 Å². The second-order valence-electron chi connectivity index (χ2n) is 3.83. The zero-order valence-corrected chi connectivity index (χ0v) is 8.71. The van der Waals surface area contributed by atoms with Crippen molar-refractivity contribution in [3.05, 3.63) is 29.8 Å². The van der Waals surface area contributed by atoms with Crippen LogP contribution in [0.1, 0.15) is 18.4 Å². The number of hydrogen-bond donors (Lipinski definition) is 1. The molecule has 1 N–H and O–H groups in total. The number of rotatable bonds is 2. The largest absolute Gasteiger partial charge is 0.385 e. The van der Waals surface area contributed by atoms with Gasteiger partial charge in [0.1, 0.15) is 0 Å². The highest BCUT2D eigenvalue weighted by atomic mass is 32.2. The summed E-state index contributed by atoms with van der Waals surface area (Å²) in [7, 11) is -3.17. The normalized spacial score (nSPS) is 19.3. The third-order valence-electron chi connectivity index (χ3n) is 2.52. The molecule has 14 heavy (non-hydrogen) atoms. The van der Waals surface area contributed by atoms with Crippen LogP contribution in [0.2, 0.25) is 0 Å². The van der Waals surface area contributed by atoms with Gasteiger partial charge < -0.3 is 5.11 Å². The van der Waals surface area contributed by atoms with Crippen molar-refractivity contribution < 1.29 is 13.5 Å². The van der Waals surface area contributed by atoms with E-state index in [1.807, 2.05) is 0 Å². The fourth-order valence-electron chi connectivity index (χ4n) is 1.42. The smallest absolute Gasteiger partial charge is 0.175 e. The Hall–Kier alpha value is -0.870. The standard InChI is InChI=1S/C10H12O3S/c1-14(12,13)9-4-2-3-8(7-9)10(11)5-6-10/h2-4,7,11H,5-6H2,1H3. The lowest BCUT2D eigenvalue weighted by atomic mass is 10.1. The van der Waals surface area contributed by atoms with E-state index in [1.54, 1.807) is 24.3 Å². The maximum Gasteiger partial charge on any atom is 0.175 e. The molecule has 3 nitrogen and oxygen atoms in total. The van der Waals surface area contributed by atoms with Gasteiger partial charge in [-0.15, -0.1) is 0 Å². The highest BCUT2D eigenvalue weighted by Crippen LogP contribution is 2.45. The first-order chi connectivity index (χ1) is 6.42. The predicted octanol–water partition coefficient (Wildman–Crippen LogP) is 1.07. The van der Waals surface area contributed by atoms with Gasteiger partial charge in [-0.3, -0.25) is 0 Å². The Morgan fingerprint density at radius 3 is 2.50 bits per heavy atom. The topological polar surface area (TPSA) is 54.4 Å². The molecule has 2 rings (SSSR count). The molecule has 1 aliphatic rings. The van der Waals surface area contributed by atoms with E-state index in [-0.39, 0.29) is 4.90 Å². The Morgan fingerprint density at radius 1 is 1.36 bits per heavy atom. The summed E-state index contributed by atoms with van der Waals surface area (Å²) in [5.74, 6) is 0. The monoisotopic (exact) mass is 212 g/mol. The molecule has 0 spiro atoms. The van der Waals surface area contributed by atoms with Gasteiger partial charge in [-0.05, 0) is 30.5 Å². The zero-order valence-electron chi connectivity index (χ0n) is 7.90. The van der Waals surface area contributed by atoms with E-state index < -0.39 is 15.4 Å². The van der Waals surface area contributed by atoms with Crippen LogP contribution in [-0.4, -0.2) is 19.8 Å². The molecule has 0 radical (unpaired) electrons. The van der Waals surface area contributed by atoms with Crippen molar-refractivity contribution in [1.29, 1.82) is 0 Å². The molecular weight excluding hydrogens is 200 g/mol. The quantitative estimate of drug-likeness (QED) is 0.797. The van der Waals surface area contributed by atoms with E-state index in [2.05, 4.69) is 0 Å². The molecular formula is C10H12O3S. The minimum Gasteiger partial charge on any atom is -0.385 e. The van der Waals surface area contributed by atoms with Crippen molar-refractivity contribution in [3.63, 3.8) is 0 Å². The Balaban J connectivity index is 2.47. The summed E-state index contributed by atoms with van der Waals surface area (Å²) in [6, 6.07) is 6.54. The molecule has 0 amide bonds. The van der Waals surface area contributed by atoms with Gasteiger partial charge in [-0.2, -0.15) is 0 Å². The van der Waals surface area contributed by atoms with Crippen molar-refractivity contribution >= 4 is 9.84 Å². The lowest BCUT2D eigenvalue weighted by Crippen LogP contribution is -2.06. The molecule has 1 saturated carbocycles. The van der Waals surface area contributed by atoms with E-state index in [9.17, 15) is 13.5 Å². The van der Waals surface area contributed by atoms with Crippen LogP contribution in [0.3, 0.4) is 0 Å². The molecule has 0 aromatic heterocycles. The number of hydrogen-bond acceptors (Lipinski definition) is 3. The van der Waals surface area contributed by atoms with Crippen LogP contribution in [0.4, 0.5) is 0 Å². The van der Waals surface area contributed by atoms with Crippen LogP contribution in [0.15, 0.2) is 29.2 Å². The summed E-state index contributed by atoms with van der Waals surface area (Å²) in [4.78, 5) is 0.273. The molecule has 1 fully saturated rings. The summed E-state index contributed by atoms with van der Waals surface area (Å²) >= 11 is 0. The predicted molar refractivity (Wildman–Crippen MR) is 52.7 cm³/mol. The van der Waals surface area contributed by atoms with Gasteiger partial charge in [0.15, 0.2) is 9.84 Å². The Bertz CT molecular complexity index is 458. The minimum atomic E-state index is -3.17.